The van der Waals surface area contributed by atoms with E-state index in [4.69, 9.17) is 10.1 Å². The van der Waals surface area contributed by atoms with Crippen molar-refractivity contribution in [3.63, 3.8) is 0 Å². The van der Waals surface area contributed by atoms with Gasteiger partial charge in [-0.1, -0.05) is 12.1 Å². The highest BCUT2D eigenvalue weighted by Crippen LogP contribution is 2.38. The maximum absolute atomic E-state index is 13.4. The maximum Gasteiger partial charge on any atom is 0.256 e. The zero-order chi connectivity index (χ0) is 23.4. The number of nitrogens with zero attached hydrogens (tertiary/aromatic N) is 6. The summed E-state index contributed by atoms with van der Waals surface area (Å²) in [4.78, 5) is 22.9. The standard InChI is InChI=1S/C25H30N8O/c1-15-13-32(14-16(2)27-15)20-12-17-22(31-10-6-7-11-31)21(25(34)26-3)24-28-18-8-4-5-9-19(18)33(24)23(17)30-29-20/h4-5,8-9,12,15-16,27H,6-7,10-11,13-14H2,1-3H3,(H,26,34)/t15-,16+. The van der Waals surface area contributed by atoms with Gasteiger partial charge in [-0.3, -0.25) is 9.20 Å². The van der Waals surface area contributed by atoms with Gasteiger partial charge in [0.05, 0.1) is 16.7 Å². The molecular weight excluding hydrogens is 428 g/mol. The van der Waals surface area contributed by atoms with Gasteiger partial charge in [0.1, 0.15) is 5.56 Å². The monoisotopic (exact) mass is 458 g/mol. The molecule has 0 bridgehead atoms. The number of para-hydroxylation sites is 2. The summed E-state index contributed by atoms with van der Waals surface area (Å²) in [6.45, 7) is 7.93. The summed E-state index contributed by atoms with van der Waals surface area (Å²) in [5, 5.41) is 16.8. The van der Waals surface area contributed by atoms with E-state index in [9.17, 15) is 4.79 Å². The lowest BCUT2D eigenvalue weighted by Gasteiger charge is -2.36. The average Bonchev–Trinajstić information content (AvgIpc) is 3.50. The highest BCUT2D eigenvalue weighted by Gasteiger charge is 2.30. The molecule has 34 heavy (non-hydrogen) atoms. The molecule has 2 fully saturated rings. The molecule has 2 aliphatic heterocycles. The highest BCUT2D eigenvalue weighted by atomic mass is 16.1. The minimum atomic E-state index is -0.133. The lowest BCUT2D eigenvalue weighted by molar-refractivity contribution is 0.0965. The zero-order valence-electron chi connectivity index (χ0n) is 19.9. The van der Waals surface area contributed by atoms with Crippen molar-refractivity contribution in [3.05, 3.63) is 35.9 Å². The third-order valence-corrected chi connectivity index (χ3v) is 7.01. The van der Waals surface area contributed by atoms with E-state index in [1.54, 1.807) is 7.05 Å². The summed E-state index contributed by atoms with van der Waals surface area (Å²) in [7, 11) is 1.68. The second-order valence-corrected chi connectivity index (χ2v) is 9.57. The van der Waals surface area contributed by atoms with Crippen LogP contribution in [0, 0.1) is 0 Å². The molecule has 0 aliphatic carbocycles. The van der Waals surface area contributed by atoms with E-state index in [1.807, 2.05) is 28.7 Å². The van der Waals surface area contributed by atoms with Gasteiger partial charge in [0.2, 0.25) is 0 Å². The Kier molecular flexibility index (Phi) is 5.02. The highest BCUT2D eigenvalue weighted by molar-refractivity contribution is 6.14. The molecule has 3 aromatic heterocycles. The SMILES string of the molecule is CNC(=O)c1c(N2CCCC2)c2cc(N3C[C@@H](C)N[C@@H](C)C3)nnc2n2c1nc1ccccc12. The average molecular weight is 459 g/mol. The van der Waals surface area contributed by atoms with E-state index in [0.717, 1.165) is 72.6 Å². The van der Waals surface area contributed by atoms with Crippen LogP contribution in [0.25, 0.3) is 27.7 Å². The van der Waals surface area contributed by atoms with Crippen molar-refractivity contribution >= 4 is 45.1 Å². The van der Waals surface area contributed by atoms with E-state index in [2.05, 4.69) is 45.4 Å². The number of pyridine rings is 1. The van der Waals surface area contributed by atoms with Gasteiger partial charge in [-0.15, -0.1) is 10.2 Å². The Balaban J connectivity index is 1.69. The summed E-state index contributed by atoms with van der Waals surface area (Å²) in [6.07, 6.45) is 2.21. The Hall–Kier alpha value is -3.46. The Morgan fingerprint density at radius 1 is 1.03 bits per heavy atom. The van der Waals surface area contributed by atoms with Gasteiger partial charge in [-0.25, -0.2) is 4.98 Å². The molecule has 1 amide bonds. The number of aromatic nitrogens is 4. The van der Waals surface area contributed by atoms with Crippen LogP contribution in [0.5, 0.6) is 0 Å². The number of hydrogen-bond acceptors (Lipinski definition) is 7. The van der Waals surface area contributed by atoms with Crippen LogP contribution in [-0.2, 0) is 0 Å². The molecule has 2 aliphatic rings. The Labute approximate surface area is 198 Å². The van der Waals surface area contributed by atoms with Crippen LogP contribution in [-0.4, -0.2) is 70.8 Å². The lowest BCUT2D eigenvalue weighted by atomic mass is 10.1. The number of rotatable bonds is 3. The summed E-state index contributed by atoms with van der Waals surface area (Å²) in [6, 6.07) is 10.8. The number of benzene rings is 1. The number of carbonyl (C=O) groups is 1. The van der Waals surface area contributed by atoms with E-state index in [-0.39, 0.29) is 5.91 Å². The predicted molar refractivity (Wildman–Crippen MR) is 135 cm³/mol. The fourth-order valence-electron chi connectivity index (χ4n) is 5.63. The van der Waals surface area contributed by atoms with Crippen LogP contribution in [0.4, 0.5) is 11.5 Å². The molecule has 2 saturated heterocycles. The summed E-state index contributed by atoms with van der Waals surface area (Å²) < 4.78 is 1.99. The summed E-state index contributed by atoms with van der Waals surface area (Å²) in [5.41, 5.74) is 4.64. The van der Waals surface area contributed by atoms with Gasteiger partial charge in [-0.05, 0) is 44.9 Å². The van der Waals surface area contributed by atoms with Gasteiger partial charge >= 0.3 is 0 Å². The first-order valence-electron chi connectivity index (χ1n) is 12.1. The van der Waals surface area contributed by atoms with Crippen LogP contribution in [0.2, 0.25) is 0 Å². The van der Waals surface area contributed by atoms with Gasteiger partial charge in [0.25, 0.3) is 5.91 Å². The molecule has 176 valence electrons. The minimum Gasteiger partial charge on any atom is -0.370 e. The number of hydrogen-bond donors (Lipinski definition) is 2. The molecule has 5 heterocycles. The number of piperazine rings is 1. The molecule has 0 unspecified atom stereocenters. The molecule has 9 heteroatoms. The van der Waals surface area contributed by atoms with Crippen molar-refractivity contribution in [1.29, 1.82) is 0 Å². The van der Waals surface area contributed by atoms with Crippen molar-refractivity contribution in [2.45, 2.75) is 38.8 Å². The predicted octanol–water partition coefficient (Wildman–Crippen LogP) is 2.58. The number of nitrogens with one attached hydrogen (secondary N) is 2. The van der Waals surface area contributed by atoms with Gasteiger partial charge in [0.15, 0.2) is 17.1 Å². The molecule has 4 aromatic rings. The zero-order valence-corrected chi connectivity index (χ0v) is 19.9. The third-order valence-electron chi connectivity index (χ3n) is 7.01. The Morgan fingerprint density at radius 2 is 1.76 bits per heavy atom. The number of anilines is 2. The number of fused-ring (bicyclic) bond motifs is 5. The fourth-order valence-corrected chi connectivity index (χ4v) is 5.63. The normalized spacial score (nSPS) is 21.1. The molecule has 9 nitrogen and oxygen atoms in total. The van der Waals surface area contributed by atoms with E-state index in [0.29, 0.717) is 23.3 Å². The van der Waals surface area contributed by atoms with Crippen LogP contribution >= 0.6 is 0 Å². The lowest BCUT2D eigenvalue weighted by Crippen LogP contribution is -2.54. The summed E-state index contributed by atoms with van der Waals surface area (Å²) in [5.74, 6) is 0.714. The van der Waals surface area contributed by atoms with Crippen molar-refractivity contribution in [2.24, 2.45) is 0 Å². The molecule has 0 radical (unpaired) electrons. The van der Waals surface area contributed by atoms with Gasteiger partial charge in [-0.2, -0.15) is 0 Å². The smallest absolute Gasteiger partial charge is 0.256 e. The molecule has 0 saturated carbocycles. The Bertz CT molecular complexity index is 1400. The van der Waals surface area contributed by atoms with Crippen LogP contribution in [0.3, 0.4) is 0 Å². The third kappa shape index (κ3) is 3.26. The fraction of sp³-hybridized carbons (Fsp3) is 0.440. The van der Waals surface area contributed by atoms with Crippen molar-refractivity contribution in [1.82, 2.24) is 30.2 Å². The maximum atomic E-state index is 13.4. The van der Waals surface area contributed by atoms with E-state index >= 15 is 0 Å². The van der Waals surface area contributed by atoms with Crippen LogP contribution in [0.15, 0.2) is 30.3 Å². The van der Waals surface area contributed by atoms with Crippen molar-refractivity contribution < 1.29 is 4.79 Å². The first-order chi connectivity index (χ1) is 16.5. The molecule has 2 atom stereocenters. The van der Waals surface area contributed by atoms with Gasteiger partial charge in [0, 0.05) is 50.7 Å². The second kappa shape index (κ2) is 8.09. The molecule has 0 spiro atoms. The number of carbonyl (C=O) groups excluding carboxylic acids is 1. The molecule has 1 aromatic carbocycles. The largest absolute Gasteiger partial charge is 0.370 e. The van der Waals surface area contributed by atoms with E-state index in [1.165, 1.54) is 0 Å². The first-order valence-corrected chi connectivity index (χ1v) is 12.1. The second-order valence-electron chi connectivity index (χ2n) is 9.57. The molecular formula is C25H30N8O. The quantitative estimate of drug-likeness (QED) is 0.488. The number of amides is 1. The van der Waals surface area contributed by atoms with Crippen molar-refractivity contribution in [3.8, 4) is 0 Å². The van der Waals surface area contributed by atoms with Crippen LogP contribution in [0.1, 0.15) is 37.0 Å². The van der Waals surface area contributed by atoms with Gasteiger partial charge < -0.3 is 20.4 Å². The molecule has 6 rings (SSSR count). The van der Waals surface area contributed by atoms with E-state index < -0.39 is 0 Å². The summed E-state index contributed by atoms with van der Waals surface area (Å²) >= 11 is 0. The van der Waals surface area contributed by atoms with Crippen LogP contribution < -0.4 is 20.4 Å². The number of imidazole rings is 1. The Morgan fingerprint density at radius 3 is 2.50 bits per heavy atom. The first kappa shape index (κ1) is 21.1. The molecule has 2 N–H and O–H groups in total. The van der Waals surface area contributed by atoms with Crippen molar-refractivity contribution in [2.75, 3.05) is 43.0 Å². The topological polar surface area (TPSA) is 90.7 Å². The minimum absolute atomic E-state index is 0.133.